The molecular weight excluding hydrogens is 401 g/mol. The largest absolute Gasteiger partial charge is 0.486 e. The molecule has 0 unspecified atom stereocenters. The Morgan fingerprint density at radius 1 is 1.14 bits per heavy atom. The fraction of sp³-hybridized carbons (Fsp3) is 0.238. The summed E-state index contributed by atoms with van der Waals surface area (Å²) in [5.74, 6) is 0.295. The van der Waals surface area contributed by atoms with Crippen LogP contribution in [0.5, 0.6) is 5.75 Å². The molecule has 1 amide bonds. The first-order valence-corrected chi connectivity index (χ1v) is 9.69. The van der Waals surface area contributed by atoms with Crippen molar-refractivity contribution in [3.8, 4) is 5.75 Å². The summed E-state index contributed by atoms with van der Waals surface area (Å²) in [7, 11) is 0. The van der Waals surface area contributed by atoms with Gasteiger partial charge in [0.1, 0.15) is 17.4 Å². The second kappa shape index (κ2) is 8.65. The van der Waals surface area contributed by atoms with Crippen molar-refractivity contribution in [3.63, 3.8) is 0 Å². The molecule has 0 saturated carbocycles. The van der Waals surface area contributed by atoms with Crippen molar-refractivity contribution in [2.75, 3.05) is 5.32 Å². The van der Waals surface area contributed by atoms with Gasteiger partial charge in [0.05, 0.1) is 17.7 Å². The number of rotatable bonds is 6. The summed E-state index contributed by atoms with van der Waals surface area (Å²) in [4.78, 5) is 16.5. The molecule has 0 aliphatic rings. The van der Waals surface area contributed by atoms with Crippen LogP contribution in [0.15, 0.2) is 47.8 Å². The number of alkyl halides is 3. The standard InChI is InChI=1S/C21H19F3N2O2S/c1-13-3-7-17(8-4-13)28-11-20-26-16(12-29-20)10-19(27)25-15-6-5-14(2)18(9-15)21(22,23)24/h3-9,12H,10-11H2,1-2H3,(H,25,27). The number of nitrogens with one attached hydrogen (secondary N) is 1. The maximum absolute atomic E-state index is 13.0. The molecular formula is C21H19F3N2O2S. The molecule has 8 heteroatoms. The second-order valence-corrected chi connectivity index (χ2v) is 7.53. The number of nitrogens with zero attached hydrogens (tertiary/aromatic N) is 1. The van der Waals surface area contributed by atoms with E-state index in [1.807, 2.05) is 31.2 Å². The van der Waals surface area contributed by atoms with E-state index in [1.165, 1.54) is 30.4 Å². The third-order valence-corrected chi connectivity index (χ3v) is 5.02. The average Bonchev–Trinajstić information content (AvgIpc) is 3.09. The van der Waals surface area contributed by atoms with Gasteiger partial charge in [-0.2, -0.15) is 13.2 Å². The van der Waals surface area contributed by atoms with Gasteiger partial charge in [0, 0.05) is 11.1 Å². The van der Waals surface area contributed by atoms with Crippen LogP contribution in [0.25, 0.3) is 0 Å². The van der Waals surface area contributed by atoms with E-state index in [0.29, 0.717) is 10.7 Å². The monoisotopic (exact) mass is 420 g/mol. The Labute approximate surface area is 170 Å². The number of hydrogen-bond acceptors (Lipinski definition) is 4. The van der Waals surface area contributed by atoms with Crippen LogP contribution >= 0.6 is 11.3 Å². The van der Waals surface area contributed by atoms with Crippen molar-refractivity contribution in [1.82, 2.24) is 4.98 Å². The molecule has 3 aromatic rings. The first-order valence-electron chi connectivity index (χ1n) is 8.81. The average molecular weight is 420 g/mol. The maximum Gasteiger partial charge on any atom is 0.416 e. The smallest absolute Gasteiger partial charge is 0.416 e. The number of aryl methyl sites for hydroxylation is 2. The van der Waals surface area contributed by atoms with Gasteiger partial charge in [-0.3, -0.25) is 4.79 Å². The molecule has 0 aliphatic heterocycles. The summed E-state index contributed by atoms with van der Waals surface area (Å²) in [5.41, 5.74) is 1.12. The zero-order chi connectivity index (χ0) is 21.0. The number of amides is 1. The predicted molar refractivity (Wildman–Crippen MR) is 106 cm³/mol. The lowest BCUT2D eigenvalue weighted by Gasteiger charge is -2.12. The lowest BCUT2D eigenvalue weighted by Crippen LogP contribution is -2.16. The van der Waals surface area contributed by atoms with Crippen LogP contribution in [0.1, 0.15) is 27.4 Å². The van der Waals surface area contributed by atoms with E-state index in [0.717, 1.165) is 17.4 Å². The summed E-state index contributed by atoms with van der Waals surface area (Å²) in [5, 5.41) is 4.95. The topological polar surface area (TPSA) is 51.2 Å². The quantitative estimate of drug-likeness (QED) is 0.570. The summed E-state index contributed by atoms with van der Waals surface area (Å²) in [6, 6.07) is 11.4. The van der Waals surface area contributed by atoms with Crippen LogP contribution in [-0.2, 0) is 24.0 Å². The van der Waals surface area contributed by atoms with Gasteiger partial charge >= 0.3 is 6.18 Å². The molecule has 0 atom stereocenters. The maximum atomic E-state index is 13.0. The molecule has 0 aliphatic carbocycles. The van der Waals surface area contributed by atoms with Gasteiger partial charge in [-0.05, 0) is 43.7 Å². The van der Waals surface area contributed by atoms with Gasteiger partial charge in [0.2, 0.25) is 5.91 Å². The number of carbonyl (C=O) groups excluding carboxylic acids is 1. The number of carbonyl (C=O) groups is 1. The summed E-state index contributed by atoms with van der Waals surface area (Å²) in [6.45, 7) is 3.65. The normalized spacial score (nSPS) is 11.3. The molecule has 1 heterocycles. The van der Waals surface area contributed by atoms with Gasteiger partial charge in [-0.1, -0.05) is 23.8 Å². The highest BCUT2D eigenvalue weighted by atomic mass is 32.1. The molecule has 0 fully saturated rings. The molecule has 2 aromatic carbocycles. The van der Waals surface area contributed by atoms with Crippen LogP contribution in [0, 0.1) is 13.8 Å². The summed E-state index contributed by atoms with van der Waals surface area (Å²) >= 11 is 1.36. The third kappa shape index (κ3) is 5.80. The predicted octanol–water partition coefficient (Wildman–Crippen LogP) is 5.54. The number of thiazole rings is 1. The number of benzene rings is 2. The highest BCUT2D eigenvalue weighted by Crippen LogP contribution is 2.33. The minimum Gasteiger partial charge on any atom is -0.486 e. The fourth-order valence-electron chi connectivity index (χ4n) is 2.65. The summed E-state index contributed by atoms with van der Waals surface area (Å²) in [6.07, 6.45) is -4.50. The zero-order valence-electron chi connectivity index (χ0n) is 15.8. The highest BCUT2D eigenvalue weighted by Gasteiger charge is 2.32. The van der Waals surface area contributed by atoms with Gasteiger partial charge in [-0.25, -0.2) is 4.98 Å². The lowest BCUT2D eigenvalue weighted by atomic mass is 10.1. The van der Waals surface area contributed by atoms with Gasteiger partial charge in [-0.15, -0.1) is 11.3 Å². The molecule has 0 radical (unpaired) electrons. The number of aromatic nitrogens is 1. The SMILES string of the molecule is Cc1ccc(OCc2nc(CC(=O)Nc3ccc(C)c(C(F)(F)F)c3)cs2)cc1. The van der Waals surface area contributed by atoms with Crippen LogP contribution in [-0.4, -0.2) is 10.9 Å². The molecule has 29 heavy (non-hydrogen) atoms. The summed E-state index contributed by atoms with van der Waals surface area (Å²) < 4.78 is 44.7. The van der Waals surface area contributed by atoms with E-state index < -0.39 is 17.6 Å². The number of halogens is 3. The van der Waals surface area contributed by atoms with Gasteiger partial charge in [0.15, 0.2) is 0 Å². The van der Waals surface area contributed by atoms with Crippen LogP contribution in [0.2, 0.25) is 0 Å². The minimum absolute atomic E-state index is 0.0315. The fourth-order valence-corrected chi connectivity index (χ4v) is 3.36. The Kier molecular flexibility index (Phi) is 6.22. The van der Waals surface area contributed by atoms with Crippen molar-refractivity contribution >= 4 is 22.9 Å². The van der Waals surface area contributed by atoms with Crippen molar-refractivity contribution in [3.05, 3.63) is 75.2 Å². The van der Waals surface area contributed by atoms with Crippen LogP contribution in [0.3, 0.4) is 0 Å². The first-order chi connectivity index (χ1) is 13.7. The van der Waals surface area contributed by atoms with Crippen molar-refractivity contribution in [1.29, 1.82) is 0 Å². The Morgan fingerprint density at radius 2 is 1.86 bits per heavy atom. The Balaban J connectivity index is 1.57. The van der Waals surface area contributed by atoms with Crippen molar-refractivity contribution < 1.29 is 22.7 Å². The van der Waals surface area contributed by atoms with Crippen molar-refractivity contribution in [2.24, 2.45) is 0 Å². The van der Waals surface area contributed by atoms with E-state index in [2.05, 4.69) is 10.3 Å². The minimum atomic E-state index is -4.47. The molecule has 0 bridgehead atoms. The molecule has 152 valence electrons. The number of hydrogen-bond donors (Lipinski definition) is 1. The molecule has 0 saturated heterocycles. The van der Waals surface area contributed by atoms with Crippen LogP contribution in [0.4, 0.5) is 18.9 Å². The third-order valence-electron chi connectivity index (χ3n) is 4.15. The van der Waals surface area contributed by atoms with E-state index in [-0.39, 0.29) is 24.3 Å². The van der Waals surface area contributed by atoms with Crippen molar-refractivity contribution in [2.45, 2.75) is 33.1 Å². The highest BCUT2D eigenvalue weighted by molar-refractivity contribution is 7.09. The second-order valence-electron chi connectivity index (χ2n) is 6.59. The van der Waals surface area contributed by atoms with Crippen LogP contribution < -0.4 is 10.1 Å². The Bertz CT molecular complexity index is 998. The number of anilines is 1. The molecule has 0 spiro atoms. The van der Waals surface area contributed by atoms with E-state index >= 15 is 0 Å². The van der Waals surface area contributed by atoms with Gasteiger partial charge < -0.3 is 10.1 Å². The lowest BCUT2D eigenvalue weighted by molar-refractivity contribution is -0.138. The molecule has 1 N–H and O–H groups in total. The van der Waals surface area contributed by atoms with E-state index in [1.54, 1.807) is 5.38 Å². The Morgan fingerprint density at radius 3 is 2.55 bits per heavy atom. The molecule has 3 rings (SSSR count). The Hall–Kier alpha value is -2.87. The molecule has 4 nitrogen and oxygen atoms in total. The van der Waals surface area contributed by atoms with E-state index in [9.17, 15) is 18.0 Å². The van der Waals surface area contributed by atoms with Gasteiger partial charge in [0.25, 0.3) is 0 Å². The first kappa shape index (κ1) is 20.9. The van der Waals surface area contributed by atoms with E-state index in [4.69, 9.17) is 4.74 Å². The molecule has 1 aromatic heterocycles. The zero-order valence-corrected chi connectivity index (χ0v) is 16.7. The number of ether oxygens (including phenoxy) is 1.